The van der Waals surface area contributed by atoms with Crippen molar-refractivity contribution in [3.63, 3.8) is 0 Å². The lowest BCUT2D eigenvalue weighted by atomic mass is 10.0. The molecule has 0 aliphatic heterocycles. The minimum absolute atomic E-state index is 0.0981. The molecular weight excluding hydrogens is 240 g/mol. The van der Waals surface area contributed by atoms with E-state index in [0.717, 1.165) is 0 Å². The van der Waals surface area contributed by atoms with Crippen molar-refractivity contribution < 1.29 is 19.2 Å². The third-order valence-electron chi connectivity index (χ3n) is 2.47. The summed E-state index contributed by atoms with van der Waals surface area (Å²) in [5, 5.41) is 17.4. The van der Waals surface area contributed by atoms with E-state index in [1.807, 2.05) is 0 Å². The quantitative estimate of drug-likeness (QED) is 0.696. The van der Waals surface area contributed by atoms with Crippen LogP contribution >= 0.6 is 0 Å². The number of carboxylic acids is 1. The number of hydrogen-bond donors (Lipinski definition) is 3. The topological polar surface area (TPSA) is 117 Å². The molecule has 18 heavy (non-hydrogen) atoms. The van der Waals surface area contributed by atoms with Gasteiger partial charge < -0.3 is 20.3 Å². The lowest BCUT2D eigenvalue weighted by Crippen LogP contribution is -2.45. The van der Waals surface area contributed by atoms with Crippen LogP contribution in [-0.2, 0) is 11.3 Å². The zero-order chi connectivity index (χ0) is 13.7. The van der Waals surface area contributed by atoms with Crippen LogP contribution in [-0.4, -0.2) is 33.3 Å². The highest BCUT2D eigenvalue weighted by atomic mass is 16.5. The summed E-state index contributed by atoms with van der Waals surface area (Å²) >= 11 is 0. The van der Waals surface area contributed by atoms with Gasteiger partial charge in [-0.1, -0.05) is 5.16 Å². The Labute approximate surface area is 104 Å². The Balaban J connectivity index is 2.35. The van der Waals surface area contributed by atoms with Crippen LogP contribution in [0.15, 0.2) is 4.52 Å². The first-order valence-electron chi connectivity index (χ1n) is 5.46. The molecule has 2 unspecified atom stereocenters. The van der Waals surface area contributed by atoms with Crippen molar-refractivity contribution in [2.24, 2.45) is 5.92 Å². The number of nitrogens with zero attached hydrogens (tertiary/aromatic N) is 2. The average molecular weight is 256 g/mol. The van der Waals surface area contributed by atoms with Crippen molar-refractivity contribution >= 4 is 12.0 Å². The number of aromatic nitrogens is 2. The predicted octanol–water partition coefficient (Wildman–Crippen LogP) is 0.286. The highest BCUT2D eigenvalue weighted by molar-refractivity contribution is 5.76. The fourth-order valence-electron chi connectivity index (χ4n) is 1.16. The van der Waals surface area contributed by atoms with Crippen molar-refractivity contribution in [3.8, 4) is 0 Å². The summed E-state index contributed by atoms with van der Waals surface area (Å²) in [4.78, 5) is 26.1. The average Bonchev–Trinajstić information content (AvgIpc) is 2.71. The summed E-state index contributed by atoms with van der Waals surface area (Å²) in [5.74, 6) is -0.849. The van der Waals surface area contributed by atoms with Crippen LogP contribution in [0.2, 0.25) is 0 Å². The molecule has 0 aromatic carbocycles. The number of aliphatic carboxylic acids is 1. The fourth-order valence-corrected chi connectivity index (χ4v) is 1.16. The van der Waals surface area contributed by atoms with E-state index in [1.54, 1.807) is 13.8 Å². The molecule has 0 radical (unpaired) electrons. The van der Waals surface area contributed by atoms with E-state index in [-0.39, 0.29) is 6.54 Å². The Morgan fingerprint density at radius 2 is 2.11 bits per heavy atom. The minimum atomic E-state index is -0.963. The molecule has 0 aliphatic carbocycles. The first-order valence-corrected chi connectivity index (χ1v) is 5.46. The van der Waals surface area contributed by atoms with E-state index in [9.17, 15) is 9.59 Å². The third kappa shape index (κ3) is 4.04. The summed E-state index contributed by atoms with van der Waals surface area (Å²) in [6.07, 6.45) is 0. The van der Waals surface area contributed by atoms with E-state index >= 15 is 0 Å². The number of amides is 2. The van der Waals surface area contributed by atoms with Crippen LogP contribution < -0.4 is 10.6 Å². The zero-order valence-corrected chi connectivity index (χ0v) is 10.4. The first kappa shape index (κ1) is 13.9. The van der Waals surface area contributed by atoms with Crippen molar-refractivity contribution in [1.82, 2.24) is 20.8 Å². The fraction of sp³-hybridized carbons (Fsp3) is 0.600. The molecule has 3 N–H and O–H groups in total. The second kappa shape index (κ2) is 5.99. The molecule has 2 amide bonds. The molecule has 1 aromatic heterocycles. The molecule has 1 rings (SSSR count). The maximum Gasteiger partial charge on any atom is 0.315 e. The summed E-state index contributed by atoms with van der Waals surface area (Å²) < 4.78 is 4.81. The molecule has 8 nitrogen and oxygen atoms in total. The van der Waals surface area contributed by atoms with Crippen molar-refractivity contribution in [1.29, 1.82) is 0 Å². The molecule has 1 aromatic rings. The number of aryl methyl sites for hydroxylation is 1. The zero-order valence-electron chi connectivity index (χ0n) is 10.4. The monoisotopic (exact) mass is 256 g/mol. The summed E-state index contributed by atoms with van der Waals surface area (Å²) in [7, 11) is 0. The summed E-state index contributed by atoms with van der Waals surface area (Å²) in [6, 6.07) is -0.960. The lowest BCUT2D eigenvalue weighted by Gasteiger charge is -2.17. The SMILES string of the molecule is Cc1noc(CNC(=O)NC(C)C(C)C(=O)O)n1. The highest BCUT2D eigenvalue weighted by Gasteiger charge is 2.20. The van der Waals surface area contributed by atoms with E-state index in [1.165, 1.54) is 6.92 Å². The predicted molar refractivity (Wildman–Crippen MR) is 60.7 cm³/mol. The van der Waals surface area contributed by atoms with Gasteiger partial charge in [0.25, 0.3) is 0 Å². The molecule has 0 aliphatic rings. The Bertz CT molecular complexity index is 431. The van der Waals surface area contributed by atoms with Gasteiger partial charge in [0.05, 0.1) is 12.5 Å². The third-order valence-corrected chi connectivity index (χ3v) is 2.47. The second-order valence-electron chi connectivity index (χ2n) is 3.98. The first-order chi connectivity index (χ1) is 8.40. The molecule has 0 saturated carbocycles. The molecule has 0 saturated heterocycles. The molecule has 100 valence electrons. The van der Waals surface area contributed by atoms with E-state index in [0.29, 0.717) is 11.7 Å². The number of hydrogen-bond acceptors (Lipinski definition) is 5. The van der Waals surface area contributed by atoms with Gasteiger partial charge in [0.1, 0.15) is 0 Å². The van der Waals surface area contributed by atoms with Gasteiger partial charge in [-0.2, -0.15) is 4.98 Å². The van der Waals surface area contributed by atoms with Gasteiger partial charge in [0.2, 0.25) is 5.89 Å². The minimum Gasteiger partial charge on any atom is -0.481 e. The van der Waals surface area contributed by atoms with Gasteiger partial charge >= 0.3 is 12.0 Å². The molecule has 2 atom stereocenters. The van der Waals surface area contributed by atoms with E-state index in [2.05, 4.69) is 20.8 Å². The number of rotatable bonds is 5. The number of carbonyl (C=O) groups is 2. The van der Waals surface area contributed by atoms with Crippen molar-refractivity contribution in [2.75, 3.05) is 0 Å². The maximum atomic E-state index is 11.5. The summed E-state index contributed by atoms with van der Waals surface area (Å²) in [5.41, 5.74) is 0. The van der Waals surface area contributed by atoms with Gasteiger partial charge in [0.15, 0.2) is 5.82 Å². The second-order valence-corrected chi connectivity index (χ2v) is 3.98. The van der Waals surface area contributed by atoms with Gasteiger partial charge in [-0.25, -0.2) is 4.79 Å². The van der Waals surface area contributed by atoms with Gasteiger partial charge in [0, 0.05) is 6.04 Å². The number of carbonyl (C=O) groups excluding carboxylic acids is 1. The van der Waals surface area contributed by atoms with Gasteiger partial charge in [-0.3, -0.25) is 4.79 Å². The van der Waals surface area contributed by atoms with Crippen LogP contribution in [0.25, 0.3) is 0 Å². The van der Waals surface area contributed by atoms with Crippen molar-refractivity contribution in [3.05, 3.63) is 11.7 Å². The summed E-state index contributed by atoms with van der Waals surface area (Å²) in [6.45, 7) is 4.91. The molecular formula is C10H16N4O4. The number of urea groups is 1. The van der Waals surface area contributed by atoms with E-state index < -0.39 is 24.0 Å². The maximum absolute atomic E-state index is 11.5. The van der Waals surface area contributed by atoms with E-state index in [4.69, 9.17) is 9.63 Å². The number of nitrogens with one attached hydrogen (secondary N) is 2. The molecule has 0 bridgehead atoms. The molecule has 0 spiro atoms. The van der Waals surface area contributed by atoms with Crippen LogP contribution in [0.5, 0.6) is 0 Å². The number of carboxylic acid groups (broad SMARTS) is 1. The lowest BCUT2D eigenvalue weighted by molar-refractivity contribution is -0.141. The Morgan fingerprint density at radius 1 is 1.44 bits per heavy atom. The smallest absolute Gasteiger partial charge is 0.315 e. The highest BCUT2D eigenvalue weighted by Crippen LogP contribution is 2.02. The van der Waals surface area contributed by atoms with Crippen molar-refractivity contribution in [2.45, 2.75) is 33.4 Å². The van der Waals surface area contributed by atoms with Gasteiger partial charge in [-0.15, -0.1) is 0 Å². The molecule has 8 heteroatoms. The van der Waals surface area contributed by atoms with Crippen LogP contribution in [0.3, 0.4) is 0 Å². The Morgan fingerprint density at radius 3 is 2.61 bits per heavy atom. The van der Waals surface area contributed by atoms with Gasteiger partial charge in [-0.05, 0) is 20.8 Å². The Kier molecular flexibility index (Phi) is 4.64. The van der Waals surface area contributed by atoms with Crippen LogP contribution in [0, 0.1) is 12.8 Å². The normalized spacial score (nSPS) is 13.7. The van der Waals surface area contributed by atoms with Crippen LogP contribution in [0.1, 0.15) is 25.6 Å². The molecule has 0 fully saturated rings. The van der Waals surface area contributed by atoms with Crippen LogP contribution in [0.4, 0.5) is 4.79 Å². The largest absolute Gasteiger partial charge is 0.481 e. The Hall–Kier alpha value is -2.12. The molecule has 1 heterocycles. The standard InChI is InChI=1S/C10H16N4O4/c1-5(9(15)16)6(2)12-10(17)11-4-8-13-7(3)14-18-8/h5-6H,4H2,1-3H3,(H,15,16)(H2,11,12,17).